The van der Waals surface area contributed by atoms with E-state index in [4.69, 9.17) is 16.7 Å². The first-order valence-electron chi connectivity index (χ1n) is 11.2. The first-order chi connectivity index (χ1) is 17.1. The molecule has 4 rings (SSSR count). The van der Waals surface area contributed by atoms with Crippen molar-refractivity contribution in [3.63, 3.8) is 0 Å². The summed E-state index contributed by atoms with van der Waals surface area (Å²) in [5, 5.41) is 11.6. The van der Waals surface area contributed by atoms with Crippen LogP contribution in [0.5, 0.6) is 5.75 Å². The molecule has 1 heterocycles. The number of halogens is 4. The van der Waals surface area contributed by atoms with Crippen LogP contribution in [0.15, 0.2) is 54.7 Å². The Morgan fingerprint density at radius 3 is 2.42 bits per heavy atom. The van der Waals surface area contributed by atoms with Gasteiger partial charge in [-0.2, -0.15) is 8.78 Å². The number of anilines is 1. The summed E-state index contributed by atoms with van der Waals surface area (Å²) in [6.45, 7) is -1.07. The third kappa shape index (κ3) is 5.79. The van der Waals surface area contributed by atoms with Crippen molar-refractivity contribution in [2.75, 3.05) is 5.32 Å². The zero-order valence-electron chi connectivity index (χ0n) is 19.1. The maximum Gasteiger partial charge on any atom is 0.387 e. The molecule has 2 N–H and O–H groups in total. The number of carboxylic acids is 1. The maximum atomic E-state index is 14.7. The number of carboxylic acid groups (broad SMARTS) is 1. The molecule has 1 amide bonds. The summed E-state index contributed by atoms with van der Waals surface area (Å²) in [5.41, 5.74) is 0.869. The van der Waals surface area contributed by atoms with Crippen LogP contribution in [0.1, 0.15) is 41.7 Å². The second-order valence-electron chi connectivity index (χ2n) is 8.72. The van der Waals surface area contributed by atoms with E-state index >= 15 is 0 Å². The van der Waals surface area contributed by atoms with Crippen LogP contribution in [0.2, 0.25) is 5.02 Å². The first kappa shape index (κ1) is 25.5. The minimum atomic E-state index is -3.16. The van der Waals surface area contributed by atoms with Gasteiger partial charge < -0.3 is 15.2 Å². The van der Waals surface area contributed by atoms with Gasteiger partial charge in [0.15, 0.2) is 5.82 Å². The number of nitrogens with one attached hydrogen (secondary N) is 1. The van der Waals surface area contributed by atoms with E-state index in [9.17, 15) is 22.8 Å². The highest BCUT2D eigenvalue weighted by molar-refractivity contribution is 6.31. The van der Waals surface area contributed by atoms with Crippen LogP contribution < -0.4 is 10.1 Å². The van der Waals surface area contributed by atoms with Crippen LogP contribution in [0.25, 0.3) is 11.1 Å². The minimum Gasteiger partial charge on any atom is -0.478 e. The van der Waals surface area contributed by atoms with Gasteiger partial charge in [0.25, 0.3) is 0 Å². The molecule has 1 fully saturated rings. The van der Waals surface area contributed by atoms with E-state index in [1.807, 2.05) is 0 Å². The molecule has 188 valence electrons. The van der Waals surface area contributed by atoms with Crippen LogP contribution in [0.4, 0.5) is 18.9 Å². The fourth-order valence-corrected chi connectivity index (χ4v) is 4.23. The lowest BCUT2D eigenvalue weighted by Crippen LogP contribution is -2.23. The number of alkyl halides is 2. The molecule has 3 atom stereocenters. The molecule has 1 aliphatic carbocycles. The Morgan fingerprint density at radius 2 is 1.86 bits per heavy atom. The number of amides is 1. The molecule has 6 nitrogen and oxygen atoms in total. The monoisotopic (exact) mass is 518 g/mol. The van der Waals surface area contributed by atoms with E-state index in [1.54, 1.807) is 6.07 Å². The van der Waals surface area contributed by atoms with Crippen molar-refractivity contribution in [1.82, 2.24) is 4.98 Å². The van der Waals surface area contributed by atoms with Gasteiger partial charge in [-0.1, -0.05) is 24.6 Å². The van der Waals surface area contributed by atoms with Gasteiger partial charge >= 0.3 is 12.6 Å². The molecule has 1 unspecified atom stereocenters. The highest BCUT2D eigenvalue weighted by atomic mass is 35.5. The zero-order chi connectivity index (χ0) is 26.0. The largest absolute Gasteiger partial charge is 0.478 e. The Bertz CT molecular complexity index is 1270. The average Bonchev–Trinajstić information content (AvgIpc) is 3.55. The molecule has 1 aliphatic rings. The topological polar surface area (TPSA) is 88.5 Å². The Morgan fingerprint density at radius 1 is 1.17 bits per heavy atom. The fourth-order valence-electron chi connectivity index (χ4n) is 4.07. The highest BCUT2D eigenvalue weighted by Crippen LogP contribution is 2.45. The van der Waals surface area contributed by atoms with Crippen molar-refractivity contribution >= 4 is 29.2 Å². The van der Waals surface area contributed by atoms with Gasteiger partial charge in [0.05, 0.1) is 27.8 Å². The lowest BCUT2D eigenvalue weighted by Gasteiger charge is -2.18. The lowest BCUT2D eigenvalue weighted by atomic mass is 9.94. The predicted molar refractivity (Wildman–Crippen MR) is 128 cm³/mol. The highest BCUT2D eigenvalue weighted by Gasteiger charge is 2.37. The van der Waals surface area contributed by atoms with Crippen molar-refractivity contribution < 1.29 is 32.6 Å². The Balaban J connectivity index is 1.61. The second-order valence-corrected chi connectivity index (χ2v) is 9.13. The summed E-state index contributed by atoms with van der Waals surface area (Å²) in [4.78, 5) is 28.6. The normalized spacial score (nSPS) is 17.5. The van der Waals surface area contributed by atoms with Crippen LogP contribution in [-0.4, -0.2) is 28.6 Å². The van der Waals surface area contributed by atoms with Crippen molar-refractivity contribution in [2.24, 2.45) is 11.8 Å². The Hall–Kier alpha value is -3.59. The molecule has 0 bridgehead atoms. The van der Waals surface area contributed by atoms with Gasteiger partial charge in [-0.05, 0) is 67.1 Å². The smallest absolute Gasteiger partial charge is 0.387 e. The molecular weight excluding hydrogens is 497 g/mol. The van der Waals surface area contributed by atoms with Crippen LogP contribution in [0, 0.1) is 17.7 Å². The standard InChI is InChI=1S/C26H22ClF3N2O4/c1-13-10-16(13)11-18(24(33)32-17-5-2-14(3-6-17)25(34)35)20-8-4-15(12-31-20)22-21(36-26(29)30)9-7-19(27)23(22)28/h2-9,12-13,16,18,26H,10-11H2,1H3,(H,32,33)(H,34,35)/t13-,16+,18?/m1/s1. The van der Waals surface area contributed by atoms with E-state index in [1.165, 1.54) is 36.5 Å². The summed E-state index contributed by atoms with van der Waals surface area (Å²) >= 11 is 5.85. The minimum absolute atomic E-state index is 0.0945. The third-order valence-electron chi connectivity index (χ3n) is 6.24. The molecule has 1 saturated carbocycles. The molecule has 1 aromatic heterocycles. The third-order valence-corrected chi connectivity index (χ3v) is 6.53. The lowest BCUT2D eigenvalue weighted by molar-refractivity contribution is -0.117. The summed E-state index contributed by atoms with van der Waals surface area (Å²) in [7, 11) is 0. The molecule has 36 heavy (non-hydrogen) atoms. The van der Waals surface area contributed by atoms with Crippen molar-refractivity contribution in [1.29, 1.82) is 0 Å². The second kappa shape index (κ2) is 10.6. The van der Waals surface area contributed by atoms with Crippen LogP contribution in [-0.2, 0) is 4.79 Å². The predicted octanol–water partition coefficient (Wildman–Crippen LogP) is 6.61. The summed E-state index contributed by atoms with van der Waals surface area (Å²) in [6.07, 6.45) is 2.82. The molecule has 0 spiro atoms. The number of hydrogen-bond acceptors (Lipinski definition) is 4. The van der Waals surface area contributed by atoms with E-state index in [0.717, 1.165) is 18.6 Å². The molecule has 0 radical (unpaired) electrons. The fraction of sp³-hybridized carbons (Fsp3) is 0.269. The molecule has 3 aromatic rings. The van der Waals surface area contributed by atoms with Crippen molar-refractivity contribution in [3.8, 4) is 16.9 Å². The number of carbonyl (C=O) groups excluding carboxylic acids is 1. The number of benzene rings is 2. The number of hydrogen-bond donors (Lipinski definition) is 2. The number of pyridine rings is 1. The van der Waals surface area contributed by atoms with Gasteiger partial charge in [-0.3, -0.25) is 9.78 Å². The molecular formula is C26H22ClF3N2O4. The summed E-state index contributed by atoms with van der Waals surface area (Å²) in [6, 6.07) is 11.1. The van der Waals surface area contributed by atoms with Gasteiger partial charge in [-0.15, -0.1) is 0 Å². The SMILES string of the molecule is C[C@@H]1C[C@H]1CC(C(=O)Nc1ccc(C(=O)O)cc1)c1ccc(-c2c(OC(F)F)ccc(Cl)c2F)cn1. The molecule has 0 saturated heterocycles. The van der Waals surface area contributed by atoms with Crippen LogP contribution >= 0.6 is 11.6 Å². The number of aromatic carboxylic acids is 1. The van der Waals surface area contributed by atoms with E-state index in [2.05, 4.69) is 22.0 Å². The van der Waals surface area contributed by atoms with Gasteiger partial charge in [-0.25, -0.2) is 9.18 Å². The number of rotatable bonds is 9. The van der Waals surface area contributed by atoms with Crippen molar-refractivity contribution in [2.45, 2.75) is 32.3 Å². The Kier molecular flexibility index (Phi) is 7.49. The molecule has 2 aromatic carbocycles. The van der Waals surface area contributed by atoms with Crippen molar-refractivity contribution in [3.05, 3.63) is 76.8 Å². The van der Waals surface area contributed by atoms with Gasteiger partial charge in [0, 0.05) is 17.4 Å². The summed E-state index contributed by atoms with van der Waals surface area (Å²) < 4.78 is 44.9. The quantitative estimate of drug-likeness (QED) is 0.333. The number of carbonyl (C=O) groups is 2. The first-order valence-corrected chi connectivity index (χ1v) is 11.5. The molecule has 0 aliphatic heterocycles. The number of aromatic nitrogens is 1. The number of nitrogens with zero attached hydrogens (tertiary/aromatic N) is 1. The average molecular weight is 519 g/mol. The summed E-state index contributed by atoms with van der Waals surface area (Å²) in [5.74, 6) is -2.52. The zero-order valence-corrected chi connectivity index (χ0v) is 19.8. The van der Waals surface area contributed by atoms with E-state index < -0.39 is 24.3 Å². The van der Waals surface area contributed by atoms with Gasteiger partial charge in [0.2, 0.25) is 5.91 Å². The van der Waals surface area contributed by atoms with Gasteiger partial charge in [0.1, 0.15) is 5.75 Å². The number of ether oxygens (including phenoxy) is 1. The van der Waals surface area contributed by atoms with Crippen LogP contribution in [0.3, 0.4) is 0 Å². The Labute approximate surface area is 210 Å². The molecule has 10 heteroatoms. The van der Waals surface area contributed by atoms with E-state index in [0.29, 0.717) is 29.6 Å². The van der Waals surface area contributed by atoms with E-state index in [-0.39, 0.29) is 33.4 Å². The maximum absolute atomic E-state index is 14.7.